The normalized spacial score (nSPS) is 10.3. The Morgan fingerprint density at radius 1 is 1.00 bits per heavy atom. The van der Waals surface area contributed by atoms with Gasteiger partial charge in [0.05, 0.1) is 0 Å². The topological polar surface area (TPSA) is 50.4 Å². The summed E-state index contributed by atoms with van der Waals surface area (Å²) in [5.41, 5.74) is 3.82. The maximum absolute atomic E-state index is 12.0. The number of hydrogen-bond acceptors (Lipinski definition) is 3. The summed E-state index contributed by atoms with van der Waals surface area (Å²) in [6.07, 6.45) is 0. The summed E-state index contributed by atoms with van der Waals surface area (Å²) in [7, 11) is 0. The molecule has 0 aliphatic carbocycles. The lowest BCUT2D eigenvalue weighted by Gasteiger charge is -2.12. The highest BCUT2D eigenvalue weighted by Crippen LogP contribution is 2.24. The molecule has 0 unspecified atom stereocenters. The molecule has 3 aromatic carbocycles. The van der Waals surface area contributed by atoms with E-state index in [1.165, 1.54) is 0 Å². The molecule has 0 saturated carbocycles. The van der Waals surface area contributed by atoms with E-state index in [0.29, 0.717) is 12.3 Å². The summed E-state index contributed by atoms with van der Waals surface area (Å²) < 4.78 is 5.61. The average Bonchev–Trinajstić information content (AvgIpc) is 2.69. The van der Waals surface area contributed by atoms with E-state index in [1.807, 2.05) is 79.7 Å². The number of halogens is 1. The Labute approximate surface area is 164 Å². The van der Waals surface area contributed by atoms with E-state index in [1.54, 1.807) is 0 Å². The molecule has 27 heavy (non-hydrogen) atoms. The van der Waals surface area contributed by atoms with Gasteiger partial charge in [-0.25, -0.2) is 0 Å². The van der Waals surface area contributed by atoms with Crippen LogP contribution in [0.1, 0.15) is 11.1 Å². The molecule has 4 nitrogen and oxygen atoms in total. The molecule has 0 saturated heterocycles. The molecule has 0 aromatic heterocycles. The van der Waals surface area contributed by atoms with Crippen LogP contribution in [0.4, 0.5) is 11.4 Å². The second-order valence-corrected chi connectivity index (χ2v) is 6.52. The van der Waals surface area contributed by atoms with Crippen LogP contribution in [-0.2, 0) is 11.3 Å². The Bertz CT molecular complexity index is 913. The predicted molar refractivity (Wildman–Crippen MR) is 111 cm³/mol. The number of nitrogens with one attached hydrogen (secondary N) is 2. The number of para-hydroxylation sites is 1. The van der Waals surface area contributed by atoms with Gasteiger partial charge in [-0.05, 0) is 54.4 Å². The molecule has 1 amide bonds. The summed E-state index contributed by atoms with van der Waals surface area (Å²) in [6, 6.07) is 22.8. The summed E-state index contributed by atoms with van der Waals surface area (Å²) in [5.74, 6) is 0.458. The van der Waals surface area contributed by atoms with Gasteiger partial charge in [0.1, 0.15) is 5.75 Å². The lowest BCUT2D eigenvalue weighted by Crippen LogP contribution is -2.20. The SMILES string of the molecule is Cc1c(Cl)cccc1NCc1cccc(OCC(=O)Nc2ccccc2)c1. The van der Waals surface area contributed by atoms with Gasteiger partial charge in [-0.2, -0.15) is 0 Å². The minimum absolute atomic E-state index is 0.0425. The number of carbonyl (C=O) groups is 1. The number of rotatable bonds is 7. The molecule has 2 N–H and O–H groups in total. The van der Waals surface area contributed by atoms with Crippen molar-refractivity contribution < 1.29 is 9.53 Å². The fourth-order valence-corrected chi connectivity index (χ4v) is 2.78. The van der Waals surface area contributed by atoms with Gasteiger partial charge in [-0.3, -0.25) is 4.79 Å². The van der Waals surface area contributed by atoms with Crippen LogP contribution in [0.2, 0.25) is 5.02 Å². The highest BCUT2D eigenvalue weighted by atomic mass is 35.5. The molecule has 0 bridgehead atoms. The molecule has 0 heterocycles. The first-order chi connectivity index (χ1) is 13.1. The maximum Gasteiger partial charge on any atom is 0.262 e. The lowest BCUT2D eigenvalue weighted by molar-refractivity contribution is -0.118. The maximum atomic E-state index is 12.0. The van der Waals surface area contributed by atoms with E-state index in [9.17, 15) is 4.79 Å². The third kappa shape index (κ3) is 5.50. The van der Waals surface area contributed by atoms with E-state index in [4.69, 9.17) is 16.3 Å². The standard InChI is InChI=1S/C22H21ClN2O2/c1-16-20(23)11-6-12-21(16)24-14-17-7-5-10-19(13-17)27-15-22(26)25-18-8-3-2-4-9-18/h2-13,24H,14-15H2,1H3,(H,25,26). The van der Waals surface area contributed by atoms with Crippen molar-refractivity contribution in [2.75, 3.05) is 17.2 Å². The van der Waals surface area contributed by atoms with Crippen LogP contribution >= 0.6 is 11.6 Å². The van der Waals surface area contributed by atoms with Crippen LogP contribution in [-0.4, -0.2) is 12.5 Å². The largest absolute Gasteiger partial charge is 0.484 e. The van der Waals surface area contributed by atoms with Crippen LogP contribution in [0.5, 0.6) is 5.75 Å². The lowest BCUT2D eigenvalue weighted by atomic mass is 10.1. The van der Waals surface area contributed by atoms with Gasteiger partial charge in [0.15, 0.2) is 6.61 Å². The van der Waals surface area contributed by atoms with E-state index in [2.05, 4.69) is 10.6 Å². The second kappa shape index (κ2) is 9.10. The summed E-state index contributed by atoms with van der Waals surface area (Å²) in [6.45, 7) is 2.57. The van der Waals surface area contributed by atoms with Crippen molar-refractivity contribution in [1.29, 1.82) is 0 Å². The zero-order valence-electron chi connectivity index (χ0n) is 15.0. The number of carbonyl (C=O) groups excluding carboxylic acids is 1. The Balaban J connectivity index is 1.54. The third-order valence-corrected chi connectivity index (χ3v) is 4.49. The molecule has 0 fully saturated rings. The van der Waals surface area contributed by atoms with Crippen LogP contribution < -0.4 is 15.4 Å². The summed E-state index contributed by atoms with van der Waals surface area (Å²) in [4.78, 5) is 12.0. The summed E-state index contributed by atoms with van der Waals surface area (Å²) in [5, 5.41) is 6.91. The zero-order valence-corrected chi connectivity index (χ0v) is 15.8. The van der Waals surface area contributed by atoms with Crippen molar-refractivity contribution in [3.05, 3.63) is 88.9 Å². The van der Waals surface area contributed by atoms with Gasteiger partial charge in [-0.15, -0.1) is 0 Å². The Morgan fingerprint density at radius 3 is 2.59 bits per heavy atom. The zero-order chi connectivity index (χ0) is 19.1. The van der Waals surface area contributed by atoms with Gasteiger partial charge in [0.25, 0.3) is 5.91 Å². The van der Waals surface area contributed by atoms with Gasteiger partial charge in [0.2, 0.25) is 0 Å². The minimum Gasteiger partial charge on any atom is -0.484 e. The van der Waals surface area contributed by atoms with Crippen molar-refractivity contribution in [1.82, 2.24) is 0 Å². The number of hydrogen-bond donors (Lipinski definition) is 2. The molecule has 3 aromatic rings. The predicted octanol–water partition coefficient (Wildman–Crippen LogP) is 5.28. The first-order valence-corrected chi connectivity index (χ1v) is 9.05. The van der Waals surface area contributed by atoms with Crippen molar-refractivity contribution in [2.45, 2.75) is 13.5 Å². The molecule has 0 radical (unpaired) electrons. The van der Waals surface area contributed by atoms with Crippen LogP contribution in [0, 0.1) is 6.92 Å². The number of benzene rings is 3. The number of amides is 1. The molecule has 5 heteroatoms. The first-order valence-electron chi connectivity index (χ1n) is 8.67. The fourth-order valence-electron chi connectivity index (χ4n) is 2.61. The van der Waals surface area contributed by atoms with E-state index >= 15 is 0 Å². The van der Waals surface area contributed by atoms with E-state index in [-0.39, 0.29) is 12.5 Å². The molecule has 138 valence electrons. The average molecular weight is 381 g/mol. The monoisotopic (exact) mass is 380 g/mol. The molecule has 0 aliphatic heterocycles. The Kier molecular flexibility index (Phi) is 6.34. The highest BCUT2D eigenvalue weighted by Gasteiger charge is 2.05. The molecule has 0 atom stereocenters. The minimum atomic E-state index is -0.195. The Morgan fingerprint density at radius 2 is 1.78 bits per heavy atom. The van der Waals surface area contributed by atoms with Gasteiger partial charge < -0.3 is 15.4 Å². The van der Waals surface area contributed by atoms with Crippen molar-refractivity contribution in [3.8, 4) is 5.75 Å². The highest BCUT2D eigenvalue weighted by molar-refractivity contribution is 6.31. The summed E-state index contributed by atoms with van der Waals surface area (Å²) >= 11 is 6.15. The first kappa shape index (κ1) is 18.8. The Hall–Kier alpha value is -2.98. The van der Waals surface area contributed by atoms with Gasteiger partial charge >= 0.3 is 0 Å². The molecule has 0 aliphatic rings. The third-order valence-electron chi connectivity index (χ3n) is 4.08. The molecule has 3 rings (SSSR count). The van der Waals surface area contributed by atoms with Crippen molar-refractivity contribution >= 4 is 28.9 Å². The van der Waals surface area contributed by atoms with Crippen molar-refractivity contribution in [3.63, 3.8) is 0 Å². The van der Waals surface area contributed by atoms with Crippen molar-refractivity contribution in [2.24, 2.45) is 0 Å². The quantitative estimate of drug-likeness (QED) is 0.586. The van der Waals surface area contributed by atoms with E-state index in [0.717, 1.165) is 27.5 Å². The molecule has 0 spiro atoms. The number of anilines is 2. The molecular weight excluding hydrogens is 360 g/mol. The molecular formula is C22H21ClN2O2. The fraction of sp³-hybridized carbons (Fsp3) is 0.136. The smallest absolute Gasteiger partial charge is 0.262 e. The number of ether oxygens (including phenoxy) is 1. The second-order valence-electron chi connectivity index (χ2n) is 6.12. The van der Waals surface area contributed by atoms with Crippen LogP contribution in [0.25, 0.3) is 0 Å². The van der Waals surface area contributed by atoms with Gasteiger partial charge in [0, 0.05) is 22.9 Å². The van der Waals surface area contributed by atoms with Crippen LogP contribution in [0.3, 0.4) is 0 Å². The van der Waals surface area contributed by atoms with Crippen LogP contribution in [0.15, 0.2) is 72.8 Å². The van der Waals surface area contributed by atoms with Gasteiger partial charge in [-0.1, -0.05) is 48.0 Å². The van der Waals surface area contributed by atoms with E-state index < -0.39 is 0 Å².